The average Bonchev–Trinajstić information content (AvgIpc) is 2.97. The molecule has 134 valence electrons. The zero-order chi connectivity index (χ0) is 18.1. The van der Waals surface area contributed by atoms with Gasteiger partial charge in [-0.05, 0) is 17.7 Å². The summed E-state index contributed by atoms with van der Waals surface area (Å²) in [6, 6.07) is 14.7. The molecule has 0 spiro atoms. The number of nitrogens with zero attached hydrogens (tertiary/aromatic N) is 1. The number of ether oxygens (including phenoxy) is 2. The quantitative estimate of drug-likeness (QED) is 0.922. The van der Waals surface area contributed by atoms with Gasteiger partial charge >= 0.3 is 0 Å². The predicted molar refractivity (Wildman–Crippen MR) is 96.1 cm³/mol. The number of benzene rings is 2. The number of nitrogens with one attached hydrogen (secondary N) is 1. The molecule has 2 heterocycles. The molecule has 6 nitrogen and oxygen atoms in total. The van der Waals surface area contributed by atoms with E-state index in [4.69, 9.17) is 9.47 Å². The number of carbonyl (C=O) groups is 2. The lowest BCUT2D eigenvalue weighted by Gasteiger charge is -2.25. The Morgan fingerprint density at radius 2 is 1.81 bits per heavy atom. The van der Waals surface area contributed by atoms with Gasteiger partial charge in [0.1, 0.15) is 13.2 Å². The van der Waals surface area contributed by atoms with Gasteiger partial charge in [0.2, 0.25) is 11.8 Å². The summed E-state index contributed by atoms with van der Waals surface area (Å²) < 4.78 is 11.1. The molecular formula is C20H20N2O4. The third-order valence-corrected chi connectivity index (χ3v) is 4.87. The minimum Gasteiger partial charge on any atom is -0.486 e. The zero-order valence-corrected chi connectivity index (χ0v) is 14.5. The molecule has 4 rings (SSSR count). The first-order valence-corrected chi connectivity index (χ1v) is 8.64. The van der Waals surface area contributed by atoms with Gasteiger partial charge in [-0.2, -0.15) is 0 Å². The highest BCUT2D eigenvalue weighted by atomic mass is 16.6. The van der Waals surface area contributed by atoms with Crippen LogP contribution < -0.4 is 14.8 Å². The molecule has 2 atom stereocenters. The molecule has 0 aliphatic carbocycles. The van der Waals surface area contributed by atoms with Crippen molar-refractivity contribution < 1.29 is 19.1 Å². The van der Waals surface area contributed by atoms with Crippen molar-refractivity contribution in [3.63, 3.8) is 0 Å². The van der Waals surface area contributed by atoms with E-state index in [1.54, 1.807) is 30.1 Å². The molecule has 1 fully saturated rings. The van der Waals surface area contributed by atoms with E-state index in [1.807, 2.05) is 30.3 Å². The Kier molecular flexibility index (Phi) is 4.24. The van der Waals surface area contributed by atoms with Crippen LogP contribution in [0.5, 0.6) is 11.5 Å². The van der Waals surface area contributed by atoms with Crippen LogP contribution in [0.3, 0.4) is 0 Å². The van der Waals surface area contributed by atoms with E-state index in [-0.39, 0.29) is 24.3 Å². The van der Waals surface area contributed by atoms with Crippen LogP contribution in [0, 0.1) is 5.92 Å². The van der Waals surface area contributed by atoms with E-state index in [1.165, 1.54) is 0 Å². The van der Waals surface area contributed by atoms with Gasteiger partial charge in [-0.1, -0.05) is 30.3 Å². The molecule has 2 amide bonds. The number of hydrogen-bond acceptors (Lipinski definition) is 4. The fourth-order valence-corrected chi connectivity index (χ4v) is 3.57. The summed E-state index contributed by atoms with van der Waals surface area (Å²) in [6.45, 7) is 1.01. The van der Waals surface area contributed by atoms with E-state index in [9.17, 15) is 9.59 Å². The van der Waals surface area contributed by atoms with Crippen LogP contribution in [-0.2, 0) is 9.59 Å². The summed E-state index contributed by atoms with van der Waals surface area (Å²) in [7, 11) is 1.75. The Labute approximate surface area is 151 Å². The number of rotatable bonds is 3. The van der Waals surface area contributed by atoms with Gasteiger partial charge in [-0.15, -0.1) is 0 Å². The maximum atomic E-state index is 12.9. The first-order valence-electron chi connectivity index (χ1n) is 8.64. The molecule has 0 aromatic heterocycles. The van der Waals surface area contributed by atoms with Crippen molar-refractivity contribution in [2.45, 2.75) is 12.5 Å². The molecule has 0 unspecified atom stereocenters. The van der Waals surface area contributed by atoms with E-state index in [0.717, 1.165) is 5.56 Å². The molecule has 26 heavy (non-hydrogen) atoms. The molecule has 2 aliphatic rings. The third-order valence-electron chi connectivity index (χ3n) is 4.87. The summed E-state index contributed by atoms with van der Waals surface area (Å²) in [5, 5.41) is 2.92. The standard InChI is InChI=1S/C20H20N2O4/c1-22-18(23)12-15(19(22)13-5-3-2-4-6-13)20(24)21-14-7-8-16-17(11-14)26-10-9-25-16/h2-8,11,15,19H,9-10,12H2,1H3,(H,21,24)/t15-,19-/m1/s1. The number of amides is 2. The second kappa shape index (κ2) is 6.71. The fourth-order valence-electron chi connectivity index (χ4n) is 3.57. The van der Waals surface area contributed by atoms with Crippen LogP contribution in [-0.4, -0.2) is 37.0 Å². The normalized spacial score (nSPS) is 21.6. The lowest BCUT2D eigenvalue weighted by Crippen LogP contribution is -2.30. The molecule has 0 radical (unpaired) electrons. The van der Waals surface area contributed by atoms with Gasteiger partial charge in [-0.25, -0.2) is 0 Å². The Morgan fingerprint density at radius 1 is 1.08 bits per heavy atom. The predicted octanol–water partition coefficient (Wildman–Crippen LogP) is 2.62. The van der Waals surface area contributed by atoms with Crippen molar-refractivity contribution in [3.05, 3.63) is 54.1 Å². The molecule has 0 saturated carbocycles. The Morgan fingerprint density at radius 3 is 2.58 bits per heavy atom. The van der Waals surface area contributed by atoms with Crippen molar-refractivity contribution in [1.82, 2.24) is 4.90 Å². The van der Waals surface area contributed by atoms with Crippen molar-refractivity contribution in [2.75, 3.05) is 25.6 Å². The SMILES string of the molecule is CN1C(=O)C[C@@H](C(=O)Nc2ccc3c(c2)OCCO3)[C@H]1c1ccccc1. The number of likely N-dealkylation sites (tertiary alicyclic amines) is 1. The van der Waals surface area contributed by atoms with E-state index >= 15 is 0 Å². The lowest BCUT2D eigenvalue weighted by atomic mass is 9.93. The number of fused-ring (bicyclic) bond motifs is 1. The topological polar surface area (TPSA) is 67.9 Å². The maximum absolute atomic E-state index is 12.9. The van der Waals surface area contributed by atoms with E-state index in [0.29, 0.717) is 30.4 Å². The van der Waals surface area contributed by atoms with Crippen LogP contribution in [0.15, 0.2) is 48.5 Å². The molecule has 1 N–H and O–H groups in total. The Balaban J connectivity index is 1.56. The first-order chi connectivity index (χ1) is 12.6. The molecule has 6 heteroatoms. The second-order valence-electron chi connectivity index (χ2n) is 6.52. The monoisotopic (exact) mass is 352 g/mol. The van der Waals surface area contributed by atoms with Gasteiger partial charge in [-0.3, -0.25) is 9.59 Å². The highest BCUT2D eigenvalue weighted by Gasteiger charge is 2.42. The number of carbonyl (C=O) groups excluding carboxylic acids is 2. The lowest BCUT2D eigenvalue weighted by molar-refractivity contribution is -0.127. The van der Waals surface area contributed by atoms with Crippen LogP contribution >= 0.6 is 0 Å². The van der Waals surface area contributed by atoms with Crippen LogP contribution in [0.1, 0.15) is 18.0 Å². The molecule has 2 aromatic rings. The molecule has 2 aromatic carbocycles. The minimum absolute atomic E-state index is 0.0267. The maximum Gasteiger partial charge on any atom is 0.230 e. The Bertz CT molecular complexity index is 837. The second-order valence-corrected chi connectivity index (χ2v) is 6.52. The molecule has 0 bridgehead atoms. The number of anilines is 1. The first kappa shape index (κ1) is 16.4. The van der Waals surface area contributed by atoms with Crippen LogP contribution in [0.2, 0.25) is 0 Å². The van der Waals surface area contributed by atoms with Gasteiger partial charge in [0.05, 0.1) is 12.0 Å². The van der Waals surface area contributed by atoms with Gasteiger partial charge in [0, 0.05) is 25.2 Å². The summed E-state index contributed by atoms with van der Waals surface area (Å²) in [6.07, 6.45) is 0.201. The van der Waals surface area contributed by atoms with Crippen LogP contribution in [0.4, 0.5) is 5.69 Å². The average molecular weight is 352 g/mol. The molecular weight excluding hydrogens is 332 g/mol. The van der Waals surface area contributed by atoms with Crippen molar-refractivity contribution in [1.29, 1.82) is 0 Å². The van der Waals surface area contributed by atoms with Gasteiger partial charge in [0.15, 0.2) is 11.5 Å². The van der Waals surface area contributed by atoms with Crippen molar-refractivity contribution in [3.8, 4) is 11.5 Å². The van der Waals surface area contributed by atoms with Crippen LogP contribution in [0.25, 0.3) is 0 Å². The third kappa shape index (κ3) is 2.98. The van der Waals surface area contributed by atoms with E-state index in [2.05, 4.69) is 5.32 Å². The molecule has 2 aliphatic heterocycles. The van der Waals surface area contributed by atoms with E-state index < -0.39 is 5.92 Å². The minimum atomic E-state index is -0.442. The summed E-state index contributed by atoms with van der Waals surface area (Å²) in [4.78, 5) is 26.8. The highest BCUT2D eigenvalue weighted by Crippen LogP contribution is 2.38. The number of hydrogen-bond donors (Lipinski definition) is 1. The van der Waals surface area contributed by atoms with Crippen molar-refractivity contribution >= 4 is 17.5 Å². The Hall–Kier alpha value is -3.02. The van der Waals surface area contributed by atoms with Gasteiger partial charge in [0.25, 0.3) is 0 Å². The summed E-state index contributed by atoms with van der Waals surface area (Å²) >= 11 is 0. The highest BCUT2D eigenvalue weighted by molar-refractivity contribution is 5.98. The summed E-state index contributed by atoms with van der Waals surface area (Å²) in [5.41, 5.74) is 1.59. The summed E-state index contributed by atoms with van der Waals surface area (Å²) in [5.74, 6) is 0.651. The zero-order valence-electron chi connectivity index (χ0n) is 14.5. The molecule has 1 saturated heterocycles. The van der Waals surface area contributed by atoms with Gasteiger partial charge < -0.3 is 19.7 Å². The fraction of sp³-hybridized carbons (Fsp3) is 0.300. The largest absolute Gasteiger partial charge is 0.486 e. The van der Waals surface area contributed by atoms with Crippen molar-refractivity contribution in [2.24, 2.45) is 5.92 Å². The smallest absolute Gasteiger partial charge is 0.230 e.